The first-order chi connectivity index (χ1) is 14.5. The predicted molar refractivity (Wildman–Crippen MR) is 103 cm³/mol. The van der Waals surface area contributed by atoms with E-state index in [4.69, 9.17) is 14.4 Å². The van der Waals surface area contributed by atoms with Gasteiger partial charge in [-0.1, -0.05) is 5.16 Å². The third-order valence-electron chi connectivity index (χ3n) is 5.72. The van der Waals surface area contributed by atoms with E-state index in [2.05, 4.69) is 15.0 Å². The number of fused-ring (bicyclic) bond motifs is 2. The lowest BCUT2D eigenvalue weighted by Crippen LogP contribution is -2.44. The van der Waals surface area contributed by atoms with Crippen LogP contribution in [0.4, 0.5) is 13.2 Å². The molecule has 170 valence electrons. The molecule has 2 aliphatic rings. The van der Waals surface area contributed by atoms with Gasteiger partial charge in [0.15, 0.2) is 0 Å². The Bertz CT molecular complexity index is 933. The van der Waals surface area contributed by atoms with Crippen molar-refractivity contribution in [3.63, 3.8) is 0 Å². The van der Waals surface area contributed by atoms with Gasteiger partial charge < -0.3 is 19.1 Å². The summed E-state index contributed by atoms with van der Waals surface area (Å²) in [5, 5.41) is 11.2. The summed E-state index contributed by atoms with van der Waals surface area (Å²) in [7, 11) is 1.93. The normalized spacial score (nSPS) is 21.0. The van der Waals surface area contributed by atoms with E-state index in [-0.39, 0.29) is 5.91 Å². The smallest absolute Gasteiger partial charge is 0.475 e. The zero-order valence-corrected chi connectivity index (χ0v) is 17.5. The number of aromatic nitrogens is 2. The van der Waals surface area contributed by atoms with Crippen LogP contribution in [0, 0.1) is 19.8 Å². The van der Waals surface area contributed by atoms with Crippen molar-refractivity contribution in [1.29, 1.82) is 0 Å². The molecule has 0 saturated carbocycles. The average Bonchev–Trinajstić information content (AvgIpc) is 3.34. The topological polar surface area (TPSA) is 91.8 Å². The second-order valence-corrected chi connectivity index (χ2v) is 8.02. The molecule has 1 N–H and O–H groups in total. The number of carboxylic acid groups (broad SMARTS) is 1. The number of amides is 1. The second kappa shape index (κ2) is 8.74. The molecule has 2 aromatic rings. The monoisotopic (exact) mass is 442 g/mol. The van der Waals surface area contributed by atoms with Gasteiger partial charge in [-0.25, -0.2) is 4.79 Å². The number of piperidine rings is 1. The average molecular weight is 442 g/mol. The standard InChI is InChI=1S/C18H24N4O2.C2HF3O2/c1-12-16(13(2)24-19-12)11-21-8-14-7-15(10-21)22(9-14)18(23)17-5-4-6-20(17)3;3-2(4,5)1(6)7/h4-6,14-15H,7-11H2,1-3H3;(H,6,7). The van der Waals surface area contributed by atoms with Crippen molar-refractivity contribution in [2.24, 2.45) is 13.0 Å². The van der Waals surface area contributed by atoms with Crippen LogP contribution in [0.5, 0.6) is 0 Å². The number of hydrogen-bond donors (Lipinski definition) is 1. The van der Waals surface area contributed by atoms with Crippen LogP contribution < -0.4 is 0 Å². The van der Waals surface area contributed by atoms with Crippen molar-refractivity contribution in [3.05, 3.63) is 41.0 Å². The van der Waals surface area contributed by atoms with Gasteiger partial charge in [-0.15, -0.1) is 0 Å². The lowest BCUT2D eigenvalue weighted by atomic mass is 9.99. The molecule has 1 amide bonds. The minimum Gasteiger partial charge on any atom is -0.475 e. The highest BCUT2D eigenvalue weighted by Gasteiger charge is 2.41. The summed E-state index contributed by atoms with van der Waals surface area (Å²) in [5.74, 6) is -1.13. The number of carbonyl (C=O) groups excluding carboxylic acids is 1. The Balaban J connectivity index is 0.000000339. The highest BCUT2D eigenvalue weighted by molar-refractivity contribution is 5.93. The van der Waals surface area contributed by atoms with Gasteiger partial charge in [-0.2, -0.15) is 13.2 Å². The summed E-state index contributed by atoms with van der Waals surface area (Å²) >= 11 is 0. The second-order valence-electron chi connectivity index (χ2n) is 8.02. The Morgan fingerprint density at radius 2 is 1.94 bits per heavy atom. The maximum absolute atomic E-state index is 12.9. The minimum atomic E-state index is -5.08. The molecule has 0 aromatic carbocycles. The maximum atomic E-state index is 12.9. The quantitative estimate of drug-likeness (QED) is 0.786. The van der Waals surface area contributed by atoms with Gasteiger partial charge in [0, 0.05) is 51.0 Å². The number of nitrogens with zero attached hydrogens (tertiary/aromatic N) is 4. The van der Waals surface area contributed by atoms with E-state index in [9.17, 15) is 18.0 Å². The molecular formula is C20H25F3N4O4. The summed E-state index contributed by atoms with van der Waals surface area (Å²) in [6.07, 6.45) is -2.03. The number of carbonyl (C=O) groups is 2. The van der Waals surface area contributed by atoms with Gasteiger partial charge in [-0.05, 0) is 38.3 Å². The lowest BCUT2D eigenvalue weighted by Gasteiger charge is -2.32. The van der Waals surface area contributed by atoms with Gasteiger partial charge in [0.2, 0.25) is 0 Å². The number of rotatable bonds is 3. The Hall–Kier alpha value is -2.82. The Kier molecular flexibility index (Phi) is 6.44. The molecule has 0 aliphatic carbocycles. The van der Waals surface area contributed by atoms with E-state index < -0.39 is 12.1 Å². The number of aryl methyl sites for hydroxylation is 3. The maximum Gasteiger partial charge on any atom is 0.490 e. The molecule has 2 fully saturated rings. The van der Waals surface area contributed by atoms with Crippen LogP contribution >= 0.6 is 0 Å². The first-order valence-corrected chi connectivity index (χ1v) is 9.83. The fourth-order valence-corrected chi connectivity index (χ4v) is 4.22. The van der Waals surface area contributed by atoms with Crippen molar-refractivity contribution in [2.45, 2.75) is 39.0 Å². The number of alkyl halides is 3. The Morgan fingerprint density at radius 3 is 2.45 bits per heavy atom. The molecule has 2 atom stereocenters. The van der Waals surface area contributed by atoms with E-state index in [0.29, 0.717) is 12.0 Å². The van der Waals surface area contributed by atoms with Crippen molar-refractivity contribution < 1.29 is 32.4 Å². The molecule has 0 radical (unpaired) electrons. The highest BCUT2D eigenvalue weighted by atomic mass is 19.4. The Labute approximate surface area is 177 Å². The minimum absolute atomic E-state index is 0.161. The number of halogens is 3. The van der Waals surface area contributed by atoms with Crippen LogP contribution in [0.3, 0.4) is 0 Å². The number of hydrogen-bond acceptors (Lipinski definition) is 5. The van der Waals surface area contributed by atoms with Crippen LogP contribution in [0.15, 0.2) is 22.9 Å². The molecule has 2 aliphatic heterocycles. The molecule has 2 saturated heterocycles. The Morgan fingerprint density at radius 1 is 1.26 bits per heavy atom. The van der Waals surface area contributed by atoms with E-state index in [1.165, 1.54) is 5.56 Å². The summed E-state index contributed by atoms with van der Waals surface area (Å²) in [6, 6.07) is 4.15. The highest BCUT2D eigenvalue weighted by Crippen LogP contribution is 2.32. The summed E-state index contributed by atoms with van der Waals surface area (Å²) in [5.41, 5.74) is 2.94. The molecule has 11 heteroatoms. The van der Waals surface area contributed by atoms with Crippen molar-refractivity contribution in [1.82, 2.24) is 19.5 Å². The fourth-order valence-electron chi connectivity index (χ4n) is 4.22. The molecule has 4 heterocycles. The lowest BCUT2D eigenvalue weighted by molar-refractivity contribution is -0.192. The molecule has 31 heavy (non-hydrogen) atoms. The van der Waals surface area contributed by atoms with Gasteiger partial charge in [-0.3, -0.25) is 9.69 Å². The first kappa shape index (κ1) is 22.9. The van der Waals surface area contributed by atoms with E-state index in [0.717, 1.165) is 49.7 Å². The number of likely N-dealkylation sites (tertiary alicyclic amines) is 2. The zero-order valence-electron chi connectivity index (χ0n) is 17.5. The number of aliphatic carboxylic acids is 1. The predicted octanol–water partition coefficient (Wildman–Crippen LogP) is 2.61. The first-order valence-electron chi connectivity index (χ1n) is 9.83. The molecule has 4 rings (SSSR count). The van der Waals surface area contributed by atoms with Gasteiger partial charge in [0.25, 0.3) is 5.91 Å². The SMILES string of the molecule is Cc1noc(C)c1CN1CC2CC(C1)N(C(=O)c1cccn1C)C2.O=C(O)C(F)(F)F. The molecule has 2 bridgehead atoms. The summed E-state index contributed by atoms with van der Waals surface area (Å²) < 4.78 is 38.9. The zero-order chi connectivity index (χ0) is 22.9. The van der Waals surface area contributed by atoms with Crippen LogP contribution in [-0.2, 0) is 18.4 Å². The van der Waals surface area contributed by atoms with Crippen LogP contribution in [0.1, 0.15) is 33.9 Å². The molecule has 8 nitrogen and oxygen atoms in total. The van der Waals surface area contributed by atoms with Gasteiger partial charge >= 0.3 is 12.1 Å². The number of carboxylic acids is 1. The fraction of sp³-hybridized carbons (Fsp3) is 0.550. The molecule has 0 spiro atoms. The molecular weight excluding hydrogens is 417 g/mol. The third kappa shape index (κ3) is 5.09. The van der Waals surface area contributed by atoms with Gasteiger partial charge in [0.05, 0.1) is 5.69 Å². The van der Waals surface area contributed by atoms with E-state index in [1.54, 1.807) is 0 Å². The van der Waals surface area contributed by atoms with Gasteiger partial charge in [0.1, 0.15) is 11.5 Å². The van der Waals surface area contributed by atoms with Crippen molar-refractivity contribution >= 4 is 11.9 Å². The summed E-state index contributed by atoms with van der Waals surface area (Å²) in [4.78, 5) is 26.3. The van der Waals surface area contributed by atoms with Crippen LogP contribution in [0.2, 0.25) is 0 Å². The van der Waals surface area contributed by atoms with Crippen LogP contribution in [-0.4, -0.2) is 68.4 Å². The van der Waals surface area contributed by atoms with E-state index in [1.807, 2.05) is 43.8 Å². The third-order valence-corrected chi connectivity index (χ3v) is 5.72. The molecule has 2 aromatic heterocycles. The molecule has 2 unspecified atom stereocenters. The van der Waals surface area contributed by atoms with Crippen molar-refractivity contribution in [3.8, 4) is 0 Å². The van der Waals surface area contributed by atoms with Crippen molar-refractivity contribution in [2.75, 3.05) is 19.6 Å². The summed E-state index contributed by atoms with van der Waals surface area (Å²) in [6.45, 7) is 7.66. The van der Waals surface area contributed by atoms with Crippen LogP contribution in [0.25, 0.3) is 0 Å². The largest absolute Gasteiger partial charge is 0.490 e. The van der Waals surface area contributed by atoms with E-state index >= 15 is 0 Å².